The molecule has 0 fully saturated rings. The van der Waals surface area contributed by atoms with Gasteiger partial charge in [0.1, 0.15) is 5.15 Å². The molecular weight excluding hydrogens is 238 g/mol. The first-order valence-electron chi connectivity index (χ1n) is 5.13. The van der Waals surface area contributed by atoms with E-state index in [0.29, 0.717) is 5.15 Å². The van der Waals surface area contributed by atoms with E-state index in [-0.39, 0.29) is 0 Å². The average molecular weight is 250 g/mol. The number of benzene rings is 1. The molecule has 0 aliphatic rings. The summed E-state index contributed by atoms with van der Waals surface area (Å²) in [6, 6.07) is 9.93. The fourth-order valence-corrected chi connectivity index (χ4v) is 1.82. The van der Waals surface area contributed by atoms with Crippen LogP contribution in [-0.4, -0.2) is 10.7 Å². The first-order chi connectivity index (χ1) is 7.79. The molecule has 0 saturated heterocycles. The van der Waals surface area contributed by atoms with Crippen molar-refractivity contribution in [2.45, 2.75) is 6.42 Å². The Morgan fingerprint density at radius 3 is 2.94 bits per heavy atom. The van der Waals surface area contributed by atoms with Crippen molar-refractivity contribution in [2.75, 3.05) is 5.75 Å². The van der Waals surface area contributed by atoms with E-state index < -0.39 is 0 Å². The predicted octanol–water partition coefficient (Wildman–Crippen LogP) is 4.22. The zero-order chi connectivity index (χ0) is 11.4. The van der Waals surface area contributed by atoms with Crippen LogP contribution < -0.4 is 0 Å². The van der Waals surface area contributed by atoms with E-state index >= 15 is 0 Å². The number of rotatable bonds is 3. The zero-order valence-electron chi connectivity index (χ0n) is 8.73. The Balaban J connectivity index is 2.33. The summed E-state index contributed by atoms with van der Waals surface area (Å²) in [5, 5.41) is 1.64. The second kappa shape index (κ2) is 5.37. The SMILES string of the molecule is SCCC=Cc1ccc2nc(Cl)ccc2c1. The van der Waals surface area contributed by atoms with E-state index in [1.807, 2.05) is 24.3 Å². The number of fused-ring (bicyclic) bond motifs is 1. The van der Waals surface area contributed by atoms with Crippen molar-refractivity contribution in [2.24, 2.45) is 0 Å². The molecule has 0 N–H and O–H groups in total. The molecular formula is C13H12ClNS. The molecule has 2 aromatic rings. The summed E-state index contributed by atoms with van der Waals surface area (Å²) in [7, 11) is 0. The monoisotopic (exact) mass is 249 g/mol. The lowest BCUT2D eigenvalue weighted by molar-refractivity contribution is 1.26. The maximum absolute atomic E-state index is 5.83. The Morgan fingerprint density at radius 2 is 2.12 bits per heavy atom. The number of hydrogen-bond acceptors (Lipinski definition) is 2. The summed E-state index contributed by atoms with van der Waals surface area (Å²) in [6.45, 7) is 0. The van der Waals surface area contributed by atoms with Crippen molar-refractivity contribution in [3.8, 4) is 0 Å². The molecule has 0 aliphatic carbocycles. The molecule has 0 bridgehead atoms. The fraction of sp³-hybridized carbons (Fsp3) is 0.154. The third kappa shape index (κ3) is 2.77. The van der Waals surface area contributed by atoms with Gasteiger partial charge in [0.15, 0.2) is 0 Å². The first kappa shape index (κ1) is 11.5. The van der Waals surface area contributed by atoms with Gasteiger partial charge in [-0.2, -0.15) is 12.6 Å². The van der Waals surface area contributed by atoms with Crippen molar-refractivity contribution in [3.05, 3.63) is 47.1 Å². The molecule has 1 heterocycles. The molecule has 0 atom stereocenters. The lowest BCUT2D eigenvalue weighted by atomic mass is 10.1. The van der Waals surface area contributed by atoms with E-state index in [4.69, 9.17) is 11.6 Å². The molecule has 1 nitrogen and oxygen atoms in total. The van der Waals surface area contributed by atoms with E-state index in [2.05, 4.69) is 35.8 Å². The van der Waals surface area contributed by atoms with Crippen LogP contribution in [0.25, 0.3) is 17.0 Å². The molecule has 0 radical (unpaired) electrons. The summed E-state index contributed by atoms with van der Waals surface area (Å²) in [6.07, 6.45) is 5.21. The van der Waals surface area contributed by atoms with Crippen LogP contribution in [0.1, 0.15) is 12.0 Å². The van der Waals surface area contributed by atoms with Crippen molar-refractivity contribution in [1.29, 1.82) is 0 Å². The Labute approximate surface area is 106 Å². The van der Waals surface area contributed by atoms with Crippen LogP contribution in [0.4, 0.5) is 0 Å². The number of pyridine rings is 1. The highest BCUT2D eigenvalue weighted by molar-refractivity contribution is 7.80. The summed E-state index contributed by atoms with van der Waals surface area (Å²) in [5.74, 6) is 0.876. The van der Waals surface area contributed by atoms with Crippen LogP contribution in [0.5, 0.6) is 0 Å². The van der Waals surface area contributed by atoms with Gasteiger partial charge in [-0.25, -0.2) is 4.98 Å². The number of nitrogens with zero attached hydrogens (tertiary/aromatic N) is 1. The van der Waals surface area contributed by atoms with Crippen molar-refractivity contribution < 1.29 is 0 Å². The highest BCUT2D eigenvalue weighted by Gasteiger charge is 1.96. The van der Waals surface area contributed by atoms with Gasteiger partial charge < -0.3 is 0 Å². The van der Waals surface area contributed by atoms with Gasteiger partial charge in [0, 0.05) is 5.39 Å². The Morgan fingerprint density at radius 1 is 1.25 bits per heavy atom. The minimum atomic E-state index is 0.533. The largest absolute Gasteiger partial charge is 0.236 e. The standard InChI is InChI=1S/C13H12ClNS/c14-13-7-5-11-9-10(3-1-2-8-16)4-6-12(11)15-13/h1,3-7,9,16H,2,8H2. The van der Waals surface area contributed by atoms with Crippen LogP contribution in [0.3, 0.4) is 0 Å². The highest BCUT2D eigenvalue weighted by atomic mass is 35.5. The van der Waals surface area contributed by atoms with Gasteiger partial charge in [0.25, 0.3) is 0 Å². The lowest BCUT2D eigenvalue weighted by Crippen LogP contribution is -1.80. The van der Waals surface area contributed by atoms with Crippen LogP contribution >= 0.6 is 24.2 Å². The molecule has 0 unspecified atom stereocenters. The lowest BCUT2D eigenvalue weighted by Gasteiger charge is -1.99. The van der Waals surface area contributed by atoms with Gasteiger partial charge in [0.2, 0.25) is 0 Å². The van der Waals surface area contributed by atoms with E-state index in [1.165, 1.54) is 5.56 Å². The van der Waals surface area contributed by atoms with Crippen LogP contribution in [-0.2, 0) is 0 Å². The molecule has 0 aliphatic heterocycles. The third-order valence-electron chi connectivity index (χ3n) is 2.29. The van der Waals surface area contributed by atoms with Crippen LogP contribution in [0, 0.1) is 0 Å². The summed E-state index contributed by atoms with van der Waals surface area (Å²) >= 11 is 9.99. The number of allylic oxidation sites excluding steroid dienone is 1. The second-order valence-corrected chi connectivity index (χ2v) is 4.34. The minimum Gasteiger partial charge on any atom is -0.236 e. The van der Waals surface area contributed by atoms with Gasteiger partial charge in [-0.3, -0.25) is 0 Å². The molecule has 82 valence electrons. The van der Waals surface area contributed by atoms with Gasteiger partial charge in [0.05, 0.1) is 5.52 Å². The smallest absolute Gasteiger partial charge is 0.129 e. The molecule has 1 aromatic heterocycles. The maximum Gasteiger partial charge on any atom is 0.129 e. The predicted molar refractivity (Wildman–Crippen MR) is 74.3 cm³/mol. The molecule has 2 rings (SSSR count). The number of aromatic nitrogens is 1. The third-order valence-corrected chi connectivity index (χ3v) is 2.75. The van der Waals surface area contributed by atoms with Crippen molar-refractivity contribution in [1.82, 2.24) is 4.98 Å². The average Bonchev–Trinajstić information content (AvgIpc) is 2.29. The highest BCUT2D eigenvalue weighted by Crippen LogP contribution is 2.17. The number of thiol groups is 1. The number of hydrogen-bond donors (Lipinski definition) is 1. The van der Waals surface area contributed by atoms with Gasteiger partial charge in [-0.1, -0.05) is 29.8 Å². The van der Waals surface area contributed by atoms with E-state index in [9.17, 15) is 0 Å². The fourth-order valence-electron chi connectivity index (χ4n) is 1.52. The quantitative estimate of drug-likeness (QED) is 0.635. The van der Waals surface area contributed by atoms with Crippen LogP contribution in [0.15, 0.2) is 36.4 Å². The van der Waals surface area contributed by atoms with E-state index in [0.717, 1.165) is 23.1 Å². The molecule has 1 aromatic carbocycles. The molecule has 0 spiro atoms. The topological polar surface area (TPSA) is 12.9 Å². The Bertz CT molecular complexity index is 522. The molecule has 0 saturated carbocycles. The van der Waals surface area contributed by atoms with Gasteiger partial charge in [-0.15, -0.1) is 0 Å². The van der Waals surface area contributed by atoms with Gasteiger partial charge in [-0.05, 0) is 42.0 Å². The molecule has 0 amide bonds. The van der Waals surface area contributed by atoms with Crippen LogP contribution in [0.2, 0.25) is 5.15 Å². The first-order valence-corrected chi connectivity index (χ1v) is 6.14. The van der Waals surface area contributed by atoms with E-state index in [1.54, 1.807) is 0 Å². The van der Waals surface area contributed by atoms with Gasteiger partial charge >= 0.3 is 0 Å². The minimum absolute atomic E-state index is 0.533. The van der Waals surface area contributed by atoms with Crippen molar-refractivity contribution in [3.63, 3.8) is 0 Å². The van der Waals surface area contributed by atoms with Crippen molar-refractivity contribution >= 4 is 41.2 Å². The zero-order valence-corrected chi connectivity index (χ0v) is 10.4. The molecule has 16 heavy (non-hydrogen) atoms. The summed E-state index contributed by atoms with van der Waals surface area (Å²) in [5.41, 5.74) is 2.11. The number of halogens is 1. The maximum atomic E-state index is 5.83. The normalized spacial score (nSPS) is 11.4. The second-order valence-electron chi connectivity index (χ2n) is 3.50. The Kier molecular flexibility index (Phi) is 3.86. The summed E-state index contributed by atoms with van der Waals surface area (Å²) in [4.78, 5) is 4.24. The summed E-state index contributed by atoms with van der Waals surface area (Å²) < 4.78 is 0. The molecule has 3 heteroatoms. The Hall–Kier alpha value is -0.990.